The third-order valence-corrected chi connectivity index (χ3v) is 3.45. The van der Waals surface area contributed by atoms with Crippen LogP contribution in [0.1, 0.15) is 16.9 Å². The minimum absolute atomic E-state index is 0.117. The number of likely N-dealkylation sites (tertiary alicyclic amines) is 1. The summed E-state index contributed by atoms with van der Waals surface area (Å²) >= 11 is 0. The van der Waals surface area contributed by atoms with Crippen LogP contribution < -0.4 is 10.3 Å². The lowest BCUT2D eigenvalue weighted by molar-refractivity contribution is 0.0762. The van der Waals surface area contributed by atoms with E-state index in [0.29, 0.717) is 25.4 Å². The molecule has 0 radical (unpaired) electrons. The number of rotatable bonds is 3. The highest BCUT2D eigenvalue weighted by molar-refractivity contribution is 5.92. The molecule has 1 atom stereocenters. The van der Waals surface area contributed by atoms with Crippen LogP contribution in [0.4, 0.5) is 0 Å². The number of aromatic nitrogens is 4. The van der Waals surface area contributed by atoms with Gasteiger partial charge >= 0.3 is 0 Å². The summed E-state index contributed by atoms with van der Waals surface area (Å²) in [6, 6.07) is 6.26. The smallest absolute Gasteiger partial charge is 0.274 e. The molecule has 1 aliphatic rings. The first-order chi connectivity index (χ1) is 10.6. The highest BCUT2D eigenvalue weighted by Gasteiger charge is 2.29. The van der Waals surface area contributed by atoms with Crippen LogP contribution in [-0.2, 0) is 7.05 Å². The molecule has 1 aliphatic heterocycles. The van der Waals surface area contributed by atoms with Gasteiger partial charge in [0, 0.05) is 38.3 Å². The van der Waals surface area contributed by atoms with Gasteiger partial charge in [-0.05, 0) is 12.1 Å². The standard InChI is InChI=1S/C14H15N5O3/c1-18-13(20)5-4-11(17-18)14(21)19-8-6-10(9-19)22-12-3-2-7-15-16-12/h2-5,7,10H,6,8-9H2,1H3. The lowest BCUT2D eigenvalue weighted by atomic mass is 10.3. The van der Waals surface area contributed by atoms with Gasteiger partial charge in [0.25, 0.3) is 11.5 Å². The fourth-order valence-corrected chi connectivity index (χ4v) is 2.31. The lowest BCUT2D eigenvalue weighted by Gasteiger charge is -2.16. The molecule has 3 rings (SSSR count). The molecule has 1 saturated heterocycles. The molecule has 2 aromatic heterocycles. The van der Waals surface area contributed by atoms with Gasteiger partial charge in [0.2, 0.25) is 5.88 Å². The van der Waals surface area contributed by atoms with E-state index < -0.39 is 0 Å². The van der Waals surface area contributed by atoms with Crippen LogP contribution in [0.25, 0.3) is 0 Å². The van der Waals surface area contributed by atoms with E-state index in [1.807, 2.05) is 0 Å². The highest BCUT2D eigenvalue weighted by atomic mass is 16.5. The van der Waals surface area contributed by atoms with Crippen molar-refractivity contribution < 1.29 is 9.53 Å². The first kappa shape index (κ1) is 14.2. The largest absolute Gasteiger partial charge is 0.471 e. The number of nitrogens with zero attached hydrogens (tertiary/aromatic N) is 5. The Bertz CT molecular complexity index is 731. The zero-order valence-electron chi connectivity index (χ0n) is 12.0. The van der Waals surface area contributed by atoms with Crippen LogP contribution in [0, 0.1) is 0 Å². The quantitative estimate of drug-likeness (QED) is 0.784. The molecule has 1 amide bonds. The molecule has 22 heavy (non-hydrogen) atoms. The van der Waals surface area contributed by atoms with Crippen LogP contribution in [0.5, 0.6) is 5.88 Å². The van der Waals surface area contributed by atoms with Gasteiger partial charge < -0.3 is 9.64 Å². The Labute approximate surface area is 126 Å². The average molecular weight is 301 g/mol. The van der Waals surface area contributed by atoms with Crippen molar-refractivity contribution >= 4 is 5.91 Å². The van der Waals surface area contributed by atoms with E-state index in [1.165, 1.54) is 19.2 Å². The Kier molecular flexibility index (Phi) is 3.82. The van der Waals surface area contributed by atoms with Crippen molar-refractivity contribution in [2.24, 2.45) is 7.05 Å². The van der Waals surface area contributed by atoms with Gasteiger partial charge in [-0.3, -0.25) is 9.59 Å². The zero-order chi connectivity index (χ0) is 15.5. The Morgan fingerprint density at radius 2 is 2.23 bits per heavy atom. The summed E-state index contributed by atoms with van der Waals surface area (Å²) in [4.78, 5) is 25.3. The van der Waals surface area contributed by atoms with E-state index in [4.69, 9.17) is 4.74 Å². The molecule has 3 heterocycles. The minimum atomic E-state index is -0.248. The molecule has 8 nitrogen and oxygen atoms in total. The van der Waals surface area contributed by atoms with Gasteiger partial charge in [-0.2, -0.15) is 10.2 Å². The van der Waals surface area contributed by atoms with E-state index in [1.54, 1.807) is 23.2 Å². The van der Waals surface area contributed by atoms with Crippen LogP contribution in [0.2, 0.25) is 0 Å². The Morgan fingerprint density at radius 1 is 1.36 bits per heavy atom. The lowest BCUT2D eigenvalue weighted by Crippen LogP contribution is -2.33. The predicted molar refractivity (Wildman–Crippen MR) is 76.4 cm³/mol. The number of ether oxygens (including phenoxy) is 1. The van der Waals surface area contributed by atoms with Crippen molar-refractivity contribution in [3.8, 4) is 5.88 Å². The van der Waals surface area contributed by atoms with E-state index in [0.717, 1.165) is 4.68 Å². The number of hydrogen-bond donors (Lipinski definition) is 0. The van der Waals surface area contributed by atoms with Gasteiger partial charge in [-0.25, -0.2) is 4.68 Å². The maximum Gasteiger partial charge on any atom is 0.274 e. The second-order valence-corrected chi connectivity index (χ2v) is 5.02. The average Bonchev–Trinajstić information content (AvgIpc) is 2.99. The number of aryl methyl sites for hydroxylation is 1. The van der Waals surface area contributed by atoms with Gasteiger partial charge in [0.15, 0.2) is 0 Å². The van der Waals surface area contributed by atoms with E-state index in [2.05, 4.69) is 15.3 Å². The third-order valence-electron chi connectivity index (χ3n) is 3.45. The second kappa shape index (κ2) is 5.92. The molecule has 0 N–H and O–H groups in total. The van der Waals surface area contributed by atoms with Crippen LogP contribution >= 0.6 is 0 Å². The summed E-state index contributed by atoms with van der Waals surface area (Å²) in [5.41, 5.74) is 0.00378. The number of amides is 1. The van der Waals surface area contributed by atoms with E-state index in [9.17, 15) is 9.59 Å². The summed E-state index contributed by atoms with van der Waals surface area (Å²) in [5, 5.41) is 11.6. The van der Waals surface area contributed by atoms with E-state index in [-0.39, 0.29) is 23.3 Å². The van der Waals surface area contributed by atoms with Crippen LogP contribution in [0.15, 0.2) is 35.3 Å². The van der Waals surface area contributed by atoms with Gasteiger partial charge in [0.1, 0.15) is 11.8 Å². The second-order valence-electron chi connectivity index (χ2n) is 5.02. The summed E-state index contributed by atoms with van der Waals surface area (Å²) in [5.74, 6) is 0.239. The molecule has 1 fully saturated rings. The third kappa shape index (κ3) is 2.95. The van der Waals surface area contributed by atoms with Gasteiger partial charge in [-0.1, -0.05) is 0 Å². The predicted octanol–water partition coefficient (Wildman–Crippen LogP) is -0.136. The SMILES string of the molecule is Cn1nc(C(=O)N2CCC(Oc3cccnn3)C2)ccc1=O. The van der Waals surface area contributed by atoms with Gasteiger partial charge in [-0.15, -0.1) is 5.10 Å². The monoisotopic (exact) mass is 301 g/mol. The molecule has 0 spiro atoms. The Balaban J connectivity index is 1.65. The molecule has 2 aromatic rings. The van der Waals surface area contributed by atoms with Crippen molar-refractivity contribution in [3.05, 3.63) is 46.5 Å². The fourth-order valence-electron chi connectivity index (χ4n) is 2.31. The van der Waals surface area contributed by atoms with Crippen molar-refractivity contribution in [2.45, 2.75) is 12.5 Å². The highest BCUT2D eigenvalue weighted by Crippen LogP contribution is 2.17. The van der Waals surface area contributed by atoms with Gasteiger partial charge in [0.05, 0.1) is 6.54 Å². The molecule has 0 aliphatic carbocycles. The molecule has 114 valence electrons. The van der Waals surface area contributed by atoms with Crippen LogP contribution in [-0.4, -0.2) is 50.0 Å². The molecule has 0 saturated carbocycles. The van der Waals surface area contributed by atoms with Crippen LogP contribution in [0.3, 0.4) is 0 Å². The maximum absolute atomic E-state index is 12.4. The minimum Gasteiger partial charge on any atom is -0.471 e. The topological polar surface area (TPSA) is 90.2 Å². The Morgan fingerprint density at radius 3 is 2.95 bits per heavy atom. The van der Waals surface area contributed by atoms with Crippen molar-refractivity contribution in [2.75, 3.05) is 13.1 Å². The summed E-state index contributed by atoms with van der Waals surface area (Å²) in [6.45, 7) is 1.04. The summed E-state index contributed by atoms with van der Waals surface area (Å²) in [6.07, 6.45) is 2.17. The summed E-state index contributed by atoms with van der Waals surface area (Å²) < 4.78 is 6.84. The molecular weight excluding hydrogens is 286 g/mol. The van der Waals surface area contributed by atoms with Crippen molar-refractivity contribution in [3.63, 3.8) is 0 Å². The molecule has 0 bridgehead atoms. The summed E-state index contributed by atoms with van der Waals surface area (Å²) in [7, 11) is 1.52. The first-order valence-corrected chi connectivity index (χ1v) is 6.91. The Hall–Kier alpha value is -2.77. The first-order valence-electron chi connectivity index (χ1n) is 6.91. The number of carbonyl (C=O) groups is 1. The normalized spacial score (nSPS) is 17.5. The fraction of sp³-hybridized carbons (Fsp3) is 0.357. The van der Waals surface area contributed by atoms with Crippen molar-refractivity contribution in [1.82, 2.24) is 24.9 Å². The molecule has 8 heteroatoms. The zero-order valence-corrected chi connectivity index (χ0v) is 12.0. The number of hydrogen-bond acceptors (Lipinski definition) is 6. The molecule has 1 unspecified atom stereocenters. The van der Waals surface area contributed by atoms with E-state index >= 15 is 0 Å². The van der Waals surface area contributed by atoms with Crippen molar-refractivity contribution in [1.29, 1.82) is 0 Å². The molecular formula is C14H15N5O3. The maximum atomic E-state index is 12.4. The number of carbonyl (C=O) groups excluding carboxylic acids is 1. The molecule has 0 aromatic carbocycles.